The number of anilines is 1. The first-order valence-electron chi connectivity index (χ1n) is 7.21. The molecule has 2 rings (SSSR count). The van der Waals surface area contributed by atoms with Gasteiger partial charge >= 0.3 is 5.97 Å². The van der Waals surface area contributed by atoms with Gasteiger partial charge in [0.2, 0.25) is 0 Å². The van der Waals surface area contributed by atoms with Gasteiger partial charge < -0.3 is 4.74 Å². The van der Waals surface area contributed by atoms with E-state index in [0.29, 0.717) is 17.7 Å². The highest BCUT2D eigenvalue weighted by molar-refractivity contribution is 7.93. The van der Waals surface area contributed by atoms with Gasteiger partial charge in [-0.3, -0.25) is 9.52 Å². The highest BCUT2D eigenvalue weighted by atomic mass is 32.2. The molecular formula is C16H17NO5S2. The maximum atomic E-state index is 12.4. The van der Waals surface area contributed by atoms with Gasteiger partial charge in [0, 0.05) is 17.7 Å². The number of rotatable bonds is 7. The molecule has 6 nitrogen and oxygen atoms in total. The molecule has 0 saturated carbocycles. The van der Waals surface area contributed by atoms with E-state index in [2.05, 4.69) is 9.46 Å². The number of benzene rings is 1. The number of esters is 1. The number of Topliss-reactive ketones (excluding diaryl/α,β-unsaturated/α-hetero) is 1. The summed E-state index contributed by atoms with van der Waals surface area (Å²) in [6.45, 7) is 1.92. The van der Waals surface area contributed by atoms with Gasteiger partial charge in [-0.25, -0.2) is 13.2 Å². The topological polar surface area (TPSA) is 89.5 Å². The number of carbonyl (C=O) groups is 2. The molecule has 0 atom stereocenters. The molecule has 0 fully saturated rings. The van der Waals surface area contributed by atoms with Crippen molar-refractivity contribution in [3.05, 3.63) is 46.2 Å². The average Bonchev–Trinajstić information content (AvgIpc) is 3.05. The smallest absolute Gasteiger partial charge is 0.349 e. The first-order chi connectivity index (χ1) is 11.4. The first-order valence-corrected chi connectivity index (χ1v) is 9.57. The molecule has 8 heteroatoms. The number of nitrogens with one attached hydrogen (secondary N) is 1. The van der Waals surface area contributed by atoms with Crippen LogP contribution < -0.4 is 4.72 Å². The van der Waals surface area contributed by atoms with Crippen LogP contribution in [0.5, 0.6) is 0 Å². The zero-order valence-corrected chi connectivity index (χ0v) is 14.9. The second kappa shape index (κ2) is 7.59. The number of ether oxygens (including phenoxy) is 1. The van der Waals surface area contributed by atoms with Crippen LogP contribution in [0.15, 0.2) is 40.6 Å². The predicted molar refractivity (Wildman–Crippen MR) is 92.1 cm³/mol. The van der Waals surface area contributed by atoms with Crippen LogP contribution in [0, 0.1) is 0 Å². The summed E-state index contributed by atoms with van der Waals surface area (Å²) in [5.74, 6) is -0.691. The molecule has 1 heterocycles. The Bertz CT molecular complexity index is 838. The largest absolute Gasteiger partial charge is 0.465 e. The summed E-state index contributed by atoms with van der Waals surface area (Å²) >= 11 is 0.993. The molecule has 1 aromatic heterocycles. The van der Waals surface area contributed by atoms with E-state index < -0.39 is 16.0 Å². The molecule has 0 spiro atoms. The Hall–Kier alpha value is -2.19. The van der Waals surface area contributed by atoms with Crippen LogP contribution in [0.4, 0.5) is 5.69 Å². The van der Waals surface area contributed by atoms with Gasteiger partial charge in [0.05, 0.1) is 7.11 Å². The lowest BCUT2D eigenvalue weighted by Gasteiger charge is -2.09. The van der Waals surface area contributed by atoms with Crippen molar-refractivity contribution in [1.29, 1.82) is 0 Å². The summed E-state index contributed by atoms with van der Waals surface area (Å²) in [5.41, 5.74) is 0.843. The molecule has 1 aromatic carbocycles. The summed E-state index contributed by atoms with van der Waals surface area (Å²) in [6, 6.07) is 7.53. The quantitative estimate of drug-likeness (QED) is 0.599. The molecule has 0 amide bonds. The molecule has 0 saturated heterocycles. The minimum atomic E-state index is -3.92. The van der Waals surface area contributed by atoms with E-state index in [0.717, 1.165) is 17.8 Å². The Morgan fingerprint density at radius 3 is 2.42 bits per heavy atom. The highest BCUT2D eigenvalue weighted by Crippen LogP contribution is 2.25. The lowest BCUT2D eigenvalue weighted by atomic mass is 10.1. The molecule has 128 valence electrons. The van der Waals surface area contributed by atoms with E-state index in [1.807, 2.05) is 6.92 Å². The summed E-state index contributed by atoms with van der Waals surface area (Å²) in [6.07, 6.45) is 1.20. The maximum absolute atomic E-state index is 12.4. The highest BCUT2D eigenvalue weighted by Gasteiger charge is 2.24. The van der Waals surface area contributed by atoms with E-state index in [4.69, 9.17) is 0 Å². The second-order valence-corrected chi connectivity index (χ2v) is 7.53. The standard InChI is InChI=1S/C16H17NO5S2/c1-3-4-13(18)11-5-7-12(8-6-11)17-24(20,21)14-9-10-23-15(14)16(19)22-2/h5-10,17H,3-4H2,1-2H3. The molecule has 0 aliphatic rings. The normalized spacial score (nSPS) is 11.1. The van der Waals surface area contributed by atoms with Crippen LogP contribution in [0.2, 0.25) is 0 Å². The van der Waals surface area contributed by atoms with Gasteiger partial charge in [0.25, 0.3) is 10.0 Å². The van der Waals surface area contributed by atoms with Crippen LogP contribution >= 0.6 is 11.3 Å². The molecule has 0 aliphatic heterocycles. The van der Waals surface area contributed by atoms with Gasteiger partial charge in [-0.2, -0.15) is 0 Å². The molecular weight excluding hydrogens is 350 g/mol. The number of carbonyl (C=O) groups excluding carboxylic acids is 2. The van der Waals surface area contributed by atoms with Crippen LogP contribution in [0.3, 0.4) is 0 Å². The number of methoxy groups -OCH3 is 1. The van der Waals surface area contributed by atoms with Crippen LogP contribution in [0.25, 0.3) is 0 Å². The maximum Gasteiger partial charge on any atom is 0.349 e. The van der Waals surface area contributed by atoms with Crippen molar-refractivity contribution >= 4 is 38.8 Å². The van der Waals surface area contributed by atoms with Crippen LogP contribution in [-0.4, -0.2) is 27.3 Å². The van der Waals surface area contributed by atoms with Gasteiger partial charge in [0.15, 0.2) is 5.78 Å². The van der Waals surface area contributed by atoms with Crippen molar-refractivity contribution in [3.63, 3.8) is 0 Å². The third kappa shape index (κ3) is 4.01. The lowest BCUT2D eigenvalue weighted by Crippen LogP contribution is -2.15. The van der Waals surface area contributed by atoms with E-state index in [-0.39, 0.29) is 15.6 Å². The predicted octanol–water partition coefficient (Wildman–Crippen LogP) is 3.32. The van der Waals surface area contributed by atoms with Crippen molar-refractivity contribution in [2.75, 3.05) is 11.8 Å². The Kier molecular flexibility index (Phi) is 5.74. The fourth-order valence-electron chi connectivity index (χ4n) is 2.06. The van der Waals surface area contributed by atoms with E-state index in [9.17, 15) is 18.0 Å². The van der Waals surface area contributed by atoms with E-state index >= 15 is 0 Å². The van der Waals surface area contributed by atoms with Gasteiger partial charge in [-0.15, -0.1) is 11.3 Å². The fraction of sp³-hybridized carbons (Fsp3) is 0.250. The monoisotopic (exact) mass is 367 g/mol. The van der Waals surface area contributed by atoms with Crippen LogP contribution in [-0.2, 0) is 14.8 Å². The minimum absolute atomic E-state index is 0.0118. The van der Waals surface area contributed by atoms with Crippen molar-refractivity contribution in [2.45, 2.75) is 24.7 Å². The zero-order chi connectivity index (χ0) is 17.7. The molecule has 24 heavy (non-hydrogen) atoms. The summed E-state index contributed by atoms with van der Waals surface area (Å²) in [7, 11) is -2.73. The van der Waals surface area contributed by atoms with Gasteiger partial charge in [-0.05, 0) is 42.1 Å². The third-order valence-electron chi connectivity index (χ3n) is 3.23. The number of ketones is 1. The Morgan fingerprint density at radius 2 is 1.83 bits per heavy atom. The number of hydrogen-bond acceptors (Lipinski definition) is 6. The first kappa shape index (κ1) is 18.2. The van der Waals surface area contributed by atoms with E-state index in [1.165, 1.54) is 30.7 Å². The summed E-state index contributed by atoms with van der Waals surface area (Å²) < 4.78 is 31.9. The number of thiophene rings is 1. The third-order valence-corrected chi connectivity index (χ3v) is 5.67. The average molecular weight is 367 g/mol. The second-order valence-electron chi connectivity index (χ2n) is 4.96. The molecule has 2 aromatic rings. The SMILES string of the molecule is CCCC(=O)c1ccc(NS(=O)(=O)c2ccsc2C(=O)OC)cc1. The van der Waals surface area contributed by atoms with Crippen LogP contribution in [0.1, 0.15) is 39.8 Å². The fourth-order valence-corrected chi connectivity index (χ4v) is 4.45. The van der Waals surface area contributed by atoms with E-state index in [1.54, 1.807) is 12.1 Å². The molecule has 0 bridgehead atoms. The molecule has 0 radical (unpaired) electrons. The number of hydrogen-bond donors (Lipinski definition) is 1. The lowest BCUT2D eigenvalue weighted by molar-refractivity contribution is 0.0602. The molecule has 1 N–H and O–H groups in total. The van der Waals surface area contributed by atoms with Crippen molar-refractivity contribution in [2.24, 2.45) is 0 Å². The van der Waals surface area contributed by atoms with Gasteiger partial charge in [0.1, 0.15) is 9.77 Å². The Morgan fingerprint density at radius 1 is 1.17 bits per heavy atom. The summed E-state index contributed by atoms with van der Waals surface area (Å²) in [4.78, 5) is 23.3. The van der Waals surface area contributed by atoms with Crippen molar-refractivity contribution < 1.29 is 22.7 Å². The Labute approximate surface area is 144 Å². The number of sulfonamides is 1. The molecule has 0 unspecified atom stereocenters. The summed E-state index contributed by atoms with van der Waals surface area (Å²) in [5, 5.41) is 1.51. The molecule has 0 aliphatic carbocycles. The Balaban J connectivity index is 2.22. The van der Waals surface area contributed by atoms with Crippen molar-refractivity contribution in [1.82, 2.24) is 0 Å². The van der Waals surface area contributed by atoms with Crippen molar-refractivity contribution in [3.8, 4) is 0 Å². The van der Waals surface area contributed by atoms with Gasteiger partial charge in [-0.1, -0.05) is 6.92 Å². The minimum Gasteiger partial charge on any atom is -0.465 e. The zero-order valence-electron chi connectivity index (χ0n) is 13.2.